The first kappa shape index (κ1) is 18.9. The third-order valence-electron chi connectivity index (χ3n) is 6.45. The van der Waals surface area contributed by atoms with Gasteiger partial charge in [-0.3, -0.25) is 9.48 Å². The number of carbonyl (C=O) groups excluding carboxylic acids is 1. The number of aromatic nitrogens is 4. The molecular formula is C23H25N5O2. The molecule has 7 nitrogen and oxygen atoms in total. The maximum Gasteiger partial charge on any atom is 0.257 e. The zero-order valence-corrected chi connectivity index (χ0v) is 16.9. The van der Waals surface area contributed by atoms with E-state index < -0.39 is 6.10 Å². The first-order chi connectivity index (χ1) is 14.6. The van der Waals surface area contributed by atoms with Gasteiger partial charge in [-0.1, -0.05) is 30.3 Å². The number of aliphatic hydroxyl groups excluding tert-OH is 1. The minimum atomic E-state index is -0.441. The number of hydrogen-bond acceptors (Lipinski definition) is 5. The standard InChI is InChI=1S/C23H25N5O2/c1-15-24-12-19(22(26-15)16-6-3-2-4-7-16)23(30)27-13-17-10-20(28-9-5-8-25-28)21(29)11-18(17)14-27/h2-9,12,17-18,20-21,29H,10-11,13-14H2,1H3/t17-,18+,20-,21-/m1/s1. The lowest BCUT2D eigenvalue weighted by Crippen LogP contribution is -2.36. The average Bonchev–Trinajstić information content (AvgIpc) is 3.43. The Hall–Kier alpha value is -3.06. The monoisotopic (exact) mass is 403 g/mol. The third-order valence-corrected chi connectivity index (χ3v) is 6.45. The molecule has 154 valence electrons. The summed E-state index contributed by atoms with van der Waals surface area (Å²) in [5.74, 6) is 1.28. The Morgan fingerprint density at radius 1 is 1.10 bits per heavy atom. The molecule has 7 heteroatoms. The van der Waals surface area contributed by atoms with Gasteiger partial charge in [-0.2, -0.15) is 5.10 Å². The van der Waals surface area contributed by atoms with Crippen molar-refractivity contribution in [1.29, 1.82) is 0 Å². The van der Waals surface area contributed by atoms with Gasteiger partial charge in [-0.25, -0.2) is 9.97 Å². The Kier molecular flexibility index (Phi) is 4.83. The Balaban J connectivity index is 1.39. The topological polar surface area (TPSA) is 84.1 Å². The van der Waals surface area contributed by atoms with Crippen molar-refractivity contribution in [2.24, 2.45) is 11.8 Å². The van der Waals surface area contributed by atoms with Crippen LogP contribution in [-0.4, -0.2) is 54.9 Å². The maximum absolute atomic E-state index is 13.5. The van der Waals surface area contributed by atoms with Crippen LogP contribution in [0.5, 0.6) is 0 Å². The Bertz CT molecular complexity index is 1040. The highest BCUT2D eigenvalue weighted by Crippen LogP contribution is 2.41. The molecule has 0 bridgehead atoms. The van der Waals surface area contributed by atoms with Crippen LogP contribution in [0.4, 0.5) is 0 Å². The normalized spacial score (nSPS) is 25.9. The smallest absolute Gasteiger partial charge is 0.257 e. The molecule has 30 heavy (non-hydrogen) atoms. The SMILES string of the molecule is Cc1ncc(C(=O)N2C[C@H]3C[C@@H](n4cccn4)[C@H](O)C[C@H]3C2)c(-c2ccccc2)n1. The van der Waals surface area contributed by atoms with Crippen molar-refractivity contribution in [3.63, 3.8) is 0 Å². The van der Waals surface area contributed by atoms with Gasteiger partial charge < -0.3 is 10.0 Å². The predicted octanol–water partition coefficient (Wildman–Crippen LogP) is 2.73. The van der Waals surface area contributed by atoms with Gasteiger partial charge in [0, 0.05) is 37.2 Å². The number of aryl methyl sites for hydroxylation is 1. The fourth-order valence-corrected chi connectivity index (χ4v) is 4.95. The molecule has 1 saturated carbocycles. The van der Waals surface area contributed by atoms with Crippen molar-refractivity contribution in [3.05, 3.63) is 66.4 Å². The number of amides is 1. The minimum Gasteiger partial charge on any atom is -0.391 e. The largest absolute Gasteiger partial charge is 0.391 e. The van der Waals surface area contributed by atoms with Crippen molar-refractivity contribution >= 4 is 5.91 Å². The summed E-state index contributed by atoms with van der Waals surface area (Å²) >= 11 is 0. The number of hydrogen-bond donors (Lipinski definition) is 1. The Labute approximate surface area is 175 Å². The van der Waals surface area contributed by atoms with Crippen LogP contribution in [0, 0.1) is 18.8 Å². The quantitative estimate of drug-likeness (QED) is 0.727. The molecule has 3 aromatic rings. The molecular weight excluding hydrogens is 378 g/mol. The van der Waals surface area contributed by atoms with Gasteiger partial charge in [0.2, 0.25) is 0 Å². The maximum atomic E-state index is 13.5. The van der Waals surface area contributed by atoms with Crippen LogP contribution < -0.4 is 0 Å². The lowest BCUT2D eigenvalue weighted by Gasteiger charge is -2.35. The van der Waals surface area contributed by atoms with Crippen molar-refractivity contribution in [2.75, 3.05) is 13.1 Å². The van der Waals surface area contributed by atoms with E-state index in [1.807, 2.05) is 59.1 Å². The molecule has 0 unspecified atom stereocenters. The van der Waals surface area contributed by atoms with Gasteiger partial charge in [-0.05, 0) is 37.7 Å². The summed E-state index contributed by atoms with van der Waals surface area (Å²) in [4.78, 5) is 24.2. The lowest BCUT2D eigenvalue weighted by atomic mass is 9.77. The van der Waals surface area contributed by atoms with Gasteiger partial charge in [-0.15, -0.1) is 0 Å². The van der Waals surface area contributed by atoms with E-state index in [2.05, 4.69) is 15.1 Å². The minimum absolute atomic E-state index is 0.0288. The number of likely N-dealkylation sites (tertiary alicyclic amines) is 1. The molecule has 2 aliphatic rings. The Morgan fingerprint density at radius 3 is 2.60 bits per heavy atom. The highest BCUT2D eigenvalue weighted by atomic mass is 16.3. The van der Waals surface area contributed by atoms with E-state index in [9.17, 15) is 9.90 Å². The molecule has 1 N–H and O–H groups in total. The molecule has 2 fully saturated rings. The fourth-order valence-electron chi connectivity index (χ4n) is 4.95. The Morgan fingerprint density at radius 2 is 1.87 bits per heavy atom. The summed E-state index contributed by atoms with van der Waals surface area (Å²) in [5.41, 5.74) is 2.13. The first-order valence-electron chi connectivity index (χ1n) is 10.5. The molecule has 5 rings (SSSR count). The summed E-state index contributed by atoms with van der Waals surface area (Å²) in [7, 11) is 0. The van der Waals surface area contributed by atoms with E-state index >= 15 is 0 Å². The molecule has 4 atom stereocenters. The van der Waals surface area contributed by atoms with Crippen LogP contribution in [-0.2, 0) is 0 Å². The predicted molar refractivity (Wildman–Crippen MR) is 112 cm³/mol. The third kappa shape index (κ3) is 3.39. The zero-order chi connectivity index (χ0) is 20.7. The average molecular weight is 403 g/mol. The molecule has 2 aromatic heterocycles. The second-order valence-corrected chi connectivity index (χ2v) is 8.37. The zero-order valence-electron chi connectivity index (χ0n) is 16.9. The van der Waals surface area contributed by atoms with Crippen molar-refractivity contribution in [2.45, 2.75) is 31.9 Å². The summed E-state index contributed by atoms with van der Waals surface area (Å²) in [6.45, 7) is 3.19. The summed E-state index contributed by atoms with van der Waals surface area (Å²) in [6, 6.07) is 11.6. The molecule has 1 aliphatic carbocycles. The highest BCUT2D eigenvalue weighted by Gasteiger charge is 2.44. The van der Waals surface area contributed by atoms with Crippen LogP contribution >= 0.6 is 0 Å². The molecule has 1 saturated heterocycles. The van der Waals surface area contributed by atoms with E-state index in [-0.39, 0.29) is 11.9 Å². The first-order valence-corrected chi connectivity index (χ1v) is 10.5. The number of carbonyl (C=O) groups is 1. The van der Waals surface area contributed by atoms with Crippen LogP contribution in [0.2, 0.25) is 0 Å². The number of rotatable bonds is 3. The second kappa shape index (κ2) is 7.65. The van der Waals surface area contributed by atoms with Crippen molar-refractivity contribution in [3.8, 4) is 11.3 Å². The van der Waals surface area contributed by atoms with E-state index in [1.54, 1.807) is 12.4 Å². The summed E-state index contributed by atoms with van der Waals surface area (Å²) < 4.78 is 1.85. The van der Waals surface area contributed by atoms with E-state index in [0.717, 1.165) is 12.0 Å². The fraction of sp³-hybridized carbons (Fsp3) is 0.391. The molecule has 1 aromatic carbocycles. The van der Waals surface area contributed by atoms with Gasteiger partial charge >= 0.3 is 0 Å². The van der Waals surface area contributed by atoms with Crippen molar-refractivity contribution in [1.82, 2.24) is 24.6 Å². The molecule has 1 aliphatic heterocycles. The van der Waals surface area contributed by atoms with E-state index in [0.29, 0.717) is 48.4 Å². The van der Waals surface area contributed by atoms with Crippen molar-refractivity contribution < 1.29 is 9.90 Å². The molecule has 3 heterocycles. The van der Waals surface area contributed by atoms with Gasteiger partial charge in [0.1, 0.15) is 5.82 Å². The van der Waals surface area contributed by atoms with E-state index in [1.165, 1.54) is 0 Å². The number of benzene rings is 1. The van der Waals surface area contributed by atoms with Gasteiger partial charge in [0.05, 0.1) is 23.4 Å². The lowest BCUT2D eigenvalue weighted by molar-refractivity contribution is 0.0306. The molecule has 1 amide bonds. The molecule has 0 radical (unpaired) electrons. The molecule has 0 spiro atoms. The van der Waals surface area contributed by atoms with Crippen LogP contribution in [0.1, 0.15) is 35.1 Å². The van der Waals surface area contributed by atoms with E-state index in [4.69, 9.17) is 0 Å². The van der Waals surface area contributed by atoms with Crippen LogP contribution in [0.3, 0.4) is 0 Å². The van der Waals surface area contributed by atoms with Gasteiger partial charge in [0.15, 0.2) is 0 Å². The summed E-state index contributed by atoms with van der Waals surface area (Å²) in [5, 5.41) is 15.0. The number of fused-ring (bicyclic) bond motifs is 1. The number of nitrogens with zero attached hydrogens (tertiary/aromatic N) is 5. The second-order valence-electron chi connectivity index (χ2n) is 8.37. The summed E-state index contributed by atoms with van der Waals surface area (Å²) in [6.07, 6.45) is 6.37. The van der Waals surface area contributed by atoms with Gasteiger partial charge in [0.25, 0.3) is 5.91 Å². The highest BCUT2D eigenvalue weighted by molar-refractivity contribution is 5.99. The van der Waals surface area contributed by atoms with Crippen LogP contribution in [0.15, 0.2) is 55.0 Å². The number of aliphatic hydroxyl groups is 1. The van der Waals surface area contributed by atoms with Crippen LogP contribution in [0.25, 0.3) is 11.3 Å².